The van der Waals surface area contributed by atoms with Crippen LogP contribution in [-0.2, 0) is 0 Å². The zero-order chi connectivity index (χ0) is 16.5. The van der Waals surface area contributed by atoms with Crippen molar-refractivity contribution < 1.29 is 9.47 Å². The molecule has 122 valence electrons. The van der Waals surface area contributed by atoms with E-state index in [2.05, 4.69) is 32.6 Å². The molecule has 23 heavy (non-hydrogen) atoms. The highest BCUT2D eigenvalue weighted by Crippen LogP contribution is 2.27. The van der Waals surface area contributed by atoms with E-state index in [9.17, 15) is 4.79 Å². The maximum atomic E-state index is 11.1. The Morgan fingerprint density at radius 2 is 2.26 bits per heavy atom. The topological polar surface area (TPSA) is 101 Å². The minimum atomic E-state index is -0.354. The number of hydrazone groups is 1. The largest absolute Gasteiger partial charge is 0.493 e. The number of ether oxygens (including phenoxy) is 2. The molecule has 0 radical (unpaired) electrons. The maximum absolute atomic E-state index is 11.1. The van der Waals surface area contributed by atoms with Crippen LogP contribution in [0.4, 0.5) is 5.95 Å². The van der Waals surface area contributed by atoms with E-state index in [0.717, 1.165) is 24.6 Å². The summed E-state index contributed by atoms with van der Waals surface area (Å²) in [6.07, 6.45) is 4.72. The first-order valence-electron chi connectivity index (χ1n) is 7.25. The normalized spacial score (nSPS) is 10.7. The number of rotatable bonds is 8. The highest BCUT2D eigenvalue weighted by atomic mass is 16.5. The fourth-order valence-electron chi connectivity index (χ4n) is 1.74. The molecule has 0 atom stereocenters. The molecule has 0 fully saturated rings. The molecule has 0 aliphatic heterocycles. The van der Waals surface area contributed by atoms with Crippen LogP contribution >= 0.6 is 0 Å². The number of aromatic nitrogens is 3. The molecule has 8 heteroatoms. The van der Waals surface area contributed by atoms with Gasteiger partial charge in [0, 0.05) is 0 Å². The lowest BCUT2D eigenvalue weighted by atomic mass is 10.2. The molecule has 1 aromatic carbocycles. The number of aromatic amines is 1. The summed E-state index contributed by atoms with van der Waals surface area (Å²) >= 11 is 0. The van der Waals surface area contributed by atoms with Crippen molar-refractivity contribution in [3.63, 3.8) is 0 Å². The fourth-order valence-corrected chi connectivity index (χ4v) is 1.74. The summed E-state index contributed by atoms with van der Waals surface area (Å²) in [4.78, 5) is 13.5. The zero-order valence-electron chi connectivity index (χ0n) is 13.1. The van der Waals surface area contributed by atoms with E-state index in [4.69, 9.17) is 9.47 Å². The first-order chi connectivity index (χ1) is 11.2. The van der Waals surface area contributed by atoms with Gasteiger partial charge in [-0.1, -0.05) is 13.3 Å². The van der Waals surface area contributed by atoms with E-state index in [0.29, 0.717) is 18.1 Å². The van der Waals surface area contributed by atoms with E-state index >= 15 is 0 Å². The molecule has 0 saturated heterocycles. The van der Waals surface area contributed by atoms with Gasteiger partial charge in [0.05, 0.1) is 19.9 Å². The fraction of sp³-hybridized carbons (Fsp3) is 0.333. The van der Waals surface area contributed by atoms with Gasteiger partial charge in [0.1, 0.15) is 6.20 Å². The number of nitrogens with one attached hydrogen (secondary N) is 2. The number of H-pyrrole nitrogens is 1. The van der Waals surface area contributed by atoms with Gasteiger partial charge < -0.3 is 9.47 Å². The molecule has 8 nitrogen and oxygen atoms in total. The van der Waals surface area contributed by atoms with Crippen LogP contribution in [0.2, 0.25) is 0 Å². The Bertz CT molecular complexity index is 714. The molecule has 0 aliphatic rings. The van der Waals surface area contributed by atoms with Crippen LogP contribution in [0.15, 0.2) is 34.3 Å². The lowest BCUT2D eigenvalue weighted by molar-refractivity contribution is 0.288. The predicted molar refractivity (Wildman–Crippen MR) is 87.3 cm³/mol. The summed E-state index contributed by atoms with van der Waals surface area (Å²) in [5, 5.41) is 11.2. The van der Waals surface area contributed by atoms with E-state index < -0.39 is 0 Å². The van der Waals surface area contributed by atoms with Crippen molar-refractivity contribution in [1.29, 1.82) is 0 Å². The van der Waals surface area contributed by atoms with E-state index in [1.807, 2.05) is 18.2 Å². The Kier molecular flexibility index (Phi) is 6.10. The molecular weight excluding hydrogens is 298 g/mol. The summed E-state index contributed by atoms with van der Waals surface area (Å²) < 4.78 is 11.0. The van der Waals surface area contributed by atoms with Gasteiger partial charge in [-0.15, -0.1) is 10.2 Å². The number of hydrogen-bond donors (Lipinski definition) is 2. The quantitative estimate of drug-likeness (QED) is 0.437. The molecule has 0 spiro atoms. The monoisotopic (exact) mass is 317 g/mol. The van der Waals surface area contributed by atoms with Crippen molar-refractivity contribution in [2.75, 3.05) is 19.1 Å². The average molecular weight is 317 g/mol. The molecule has 1 heterocycles. The Balaban J connectivity index is 2.02. The van der Waals surface area contributed by atoms with E-state index in [1.165, 1.54) is 0 Å². The second kappa shape index (κ2) is 8.52. The average Bonchev–Trinajstić information content (AvgIpc) is 2.56. The third-order valence-electron chi connectivity index (χ3n) is 2.90. The number of nitrogens with zero attached hydrogens (tertiary/aromatic N) is 3. The third kappa shape index (κ3) is 5.10. The van der Waals surface area contributed by atoms with Crippen LogP contribution in [0.25, 0.3) is 0 Å². The van der Waals surface area contributed by atoms with Gasteiger partial charge in [0.15, 0.2) is 11.5 Å². The van der Waals surface area contributed by atoms with Crippen molar-refractivity contribution in [3.05, 3.63) is 40.3 Å². The first-order valence-corrected chi connectivity index (χ1v) is 7.25. The van der Waals surface area contributed by atoms with E-state index in [1.54, 1.807) is 13.3 Å². The van der Waals surface area contributed by atoms with Crippen LogP contribution in [0.5, 0.6) is 11.5 Å². The number of hydrogen-bond acceptors (Lipinski definition) is 7. The van der Waals surface area contributed by atoms with Gasteiger partial charge in [-0.05, 0) is 30.2 Å². The van der Waals surface area contributed by atoms with Gasteiger partial charge in [0.2, 0.25) is 5.95 Å². The second-order valence-electron chi connectivity index (χ2n) is 4.66. The number of methoxy groups -OCH3 is 1. The highest BCUT2D eigenvalue weighted by Gasteiger charge is 2.04. The van der Waals surface area contributed by atoms with Crippen molar-refractivity contribution in [1.82, 2.24) is 15.2 Å². The molecule has 0 bridgehead atoms. The smallest absolute Gasteiger partial charge is 0.271 e. The molecule has 1 aromatic heterocycles. The third-order valence-corrected chi connectivity index (χ3v) is 2.90. The Morgan fingerprint density at radius 3 is 3.00 bits per heavy atom. The van der Waals surface area contributed by atoms with Gasteiger partial charge in [-0.3, -0.25) is 9.78 Å². The minimum absolute atomic E-state index is 0.167. The predicted octanol–water partition coefficient (Wildman–Crippen LogP) is 1.80. The van der Waals surface area contributed by atoms with Crippen molar-refractivity contribution in [2.45, 2.75) is 19.8 Å². The van der Waals surface area contributed by atoms with Crippen LogP contribution < -0.4 is 20.5 Å². The van der Waals surface area contributed by atoms with Gasteiger partial charge in [-0.25, -0.2) is 5.43 Å². The van der Waals surface area contributed by atoms with Crippen molar-refractivity contribution in [2.24, 2.45) is 5.10 Å². The Morgan fingerprint density at radius 1 is 1.39 bits per heavy atom. The summed E-state index contributed by atoms with van der Waals surface area (Å²) in [5.74, 6) is 1.50. The molecule has 2 aromatic rings. The molecule has 2 rings (SSSR count). The number of benzene rings is 1. The van der Waals surface area contributed by atoms with Crippen LogP contribution in [-0.4, -0.2) is 35.1 Å². The van der Waals surface area contributed by atoms with Gasteiger partial charge in [0.25, 0.3) is 5.56 Å². The summed E-state index contributed by atoms with van der Waals surface area (Å²) in [6, 6.07) is 5.50. The molecule has 0 amide bonds. The maximum Gasteiger partial charge on any atom is 0.271 e. The molecule has 2 N–H and O–H groups in total. The second-order valence-corrected chi connectivity index (χ2v) is 4.66. The van der Waals surface area contributed by atoms with Crippen LogP contribution in [0.3, 0.4) is 0 Å². The lowest BCUT2D eigenvalue weighted by Crippen LogP contribution is -2.10. The molecule has 0 saturated carbocycles. The Labute approximate surface area is 133 Å². The van der Waals surface area contributed by atoms with Crippen LogP contribution in [0, 0.1) is 0 Å². The van der Waals surface area contributed by atoms with Crippen molar-refractivity contribution >= 4 is 12.2 Å². The van der Waals surface area contributed by atoms with Gasteiger partial charge in [-0.2, -0.15) is 5.10 Å². The lowest BCUT2D eigenvalue weighted by Gasteiger charge is -2.10. The zero-order valence-corrected chi connectivity index (χ0v) is 13.1. The Hall–Kier alpha value is -2.90. The summed E-state index contributed by atoms with van der Waals surface area (Å²) in [6.45, 7) is 2.76. The standard InChI is InChI=1S/C15H19N5O3/c1-3-4-7-23-12-6-5-11(8-13(12)22-2)9-16-19-15-18-14(21)10-17-20-15/h5-6,8-10H,3-4,7H2,1-2H3,(H2,18,19,20,21)/b16-9+. The van der Waals surface area contributed by atoms with E-state index in [-0.39, 0.29) is 11.5 Å². The van der Waals surface area contributed by atoms with Crippen LogP contribution in [0.1, 0.15) is 25.3 Å². The number of unbranched alkanes of at least 4 members (excludes halogenated alkanes) is 1. The highest BCUT2D eigenvalue weighted by molar-refractivity contribution is 5.81. The number of anilines is 1. The first kappa shape index (κ1) is 16.5. The molecule has 0 aliphatic carbocycles. The SMILES string of the molecule is CCCCOc1ccc(/C=N/Nc2nncc(=O)[nH]2)cc1OC. The minimum Gasteiger partial charge on any atom is -0.493 e. The van der Waals surface area contributed by atoms with Gasteiger partial charge >= 0.3 is 0 Å². The summed E-state index contributed by atoms with van der Waals surface area (Å²) in [5.41, 5.74) is 3.05. The molecular formula is C15H19N5O3. The van der Waals surface area contributed by atoms with Crippen molar-refractivity contribution in [3.8, 4) is 11.5 Å². The molecule has 0 unspecified atom stereocenters. The summed E-state index contributed by atoms with van der Waals surface area (Å²) in [7, 11) is 1.59.